The molecule has 116 valence electrons. The average Bonchev–Trinajstić information content (AvgIpc) is 2.58. The highest BCUT2D eigenvalue weighted by Gasteiger charge is 2.04. The van der Waals surface area contributed by atoms with Gasteiger partial charge in [-0.05, 0) is 36.3 Å². The van der Waals surface area contributed by atoms with Gasteiger partial charge >= 0.3 is 0 Å². The van der Waals surface area contributed by atoms with Crippen LogP contribution in [-0.4, -0.2) is 34.8 Å². The molecule has 0 unspecified atom stereocenters. The van der Waals surface area contributed by atoms with Gasteiger partial charge in [0.05, 0.1) is 12.3 Å². The number of aromatic nitrogens is 2. The summed E-state index contributed by atoms with van der Waals surface area (Å²) >= 11 is 0. The third-order valence-electron chi connectivity index (χ3n) is 3.46. The molecule has 1 heterocycles. The molecule has 4 nitrogen and oxygen atoms in total. The second-order valence-electron chi connectivity index (χ2n) is 5.12. The van der Waals surface area contributed by atoms with E-state index in [1.54, 1.807) is 12.5 Å². The van der Waals surface area contributed by atoms with E-state index in [1.807, 2.05) is 18.2 Å². The minimum Gasteiger partial charge on any atom is -0.395 e. The van der Waals surface area contributed by atoms with Crippen molar-refractivity contribution in [2.45, 2.75) is 19.8 Å². The third kappa shape index (κ3) is 4.97. The first-order chi connectivity index (χ1) is 10.8. The van der Waals surface area contributed by atoms with Crippen molar-refractivity contribution >= 4 is 17.8 Å². The number of rotatable bonds is 8. The standard InChI is InChI=1S/C18H23N3O/c1-2-3-12-21(13-14-22)18-8-5-16(6-9-18)4-7-17-10-11-19-15-20-17/h4-11,15,22H,2-3,12-14H2,1H3/b7-4+. The lowest BCUT2D eigenvalue weighted by Crippen LogP contribution is -2.27. The van der Waals surface area contributed by atoms with E-state index in [9.17, 15) is 5.11 Å². The summed E-state index contributed by atoms with van der Waals surface area (Å²) in [5, 5.41) is 9.20. The van der Waals surface area contributed by atoms with Crippen molar-refractivity contribution in [2.24, 2.45) is 0 Å². The molecule has 0 spiro atoms. The van der Waals surface area contributed by atoms with E-state index < -0.39 is 0 Å². The number of anilines is 1. The van der Waals surface area contributed by atoms with Crippen LogP contribution in [0.25, 0.3) is 12.2 Å². The molecule has 1 aromatic carbocycles. The topological polar surface area (TPSA) is 49.2 Å². The number of benzene rings is 1. The van der Waals surface area contributed by atoms with Crippen LogP contribution in [0, 0.1) is 0 Å². The molecule has 22 heavy (non-hydrogen) atoms. The molecule has 0 saturated carbocycles. The molecule has 2 aromatic rings. The van der Waals surface area contributed by atoms with Crippen LogP contribution < -0.4 is 4.90 Å². The number of aliphatic hydroxyl groups excluding tert-OH is 1. The number of hydrogen-bond acceptors (Lipinski definition) is 4. The van der Waals surface area contributed by atoms with E-state index in [2.05, 4.69) is 46.1 Å². The largest absolute Gasteiger partial charge is 0.395 e. The molecule has 0 radical (unpaired) electrons. The molecule has 0 aliphatic carbocycles. The Balaban J connectivity index is 2.03. The maximum atomic E-state index is 9.20. The molecule has 0 atom stereocenters. The molecule has 1 N–H and O–H groups in total. The molecule has 0 aliphatic heterocycles. The maximum absolute atomic E-state index is 9.20. The molecule has 0 fully saturated rings. The van der Waals surface area contributed by atoms with Gasteiger partial charge in [-0.15, -0.1) is 0 Å². The summed E-state index contributed by atoms with van der Waals surface area (Å²) in [6.45, 7) is 4.01. The predicted octanol–water partition coefficient (Wildman–Crippen LogP) is 3.25. The van der Waals surface area contributed by atoms with Gasteiger partial charge in [-0.3, -0.25) is 0 Å². The van der Waals surface area contributed by atoms with Crippen LogP contribution in [-0.2, 0) is 0 Å². The fourth-order valence-corrected chi connectivity index (χ4v) is 2.22. The number of aliphatic hydroxyl groups is 1. The first-order valence-electron chi connectivity index (χ1n) is 7.73. The van der Waals surface area contributed by atoms with Crippen LogP contribution in [0.3, 0.4) is 0 Å². The summed E-state index contributed by atoms with van der Waals surface area (Å²) in [5.74, 6) is 0. The van der Waals surface area contributed by atoms with Gasteiger partial charge in [-0.2, -0.15) is 0 Å². The van der Waals surface area contributed by atoms with Crippen LogP contribution in [0.4, 0.5) is 5.69 Å². The second-order valence-corrected chi connectivity index (χ2v) is 5.12. The monoisotopic (exact) mass is 297 g/mol. The van der Waals surface area contributed by atoms with Gasteiger partial charge in [0.15, 0.2) is 0 Å². The van der Waals surface area contributed by atoms with Gasteiger partial charge < -0.3 is 10.0 Å². The van der Waals surface area contributed by atoms with Gasteiger partial charge in [-0.25, -0.2) is 9.97 Å². The zero-order valence-electron chi connectivity index (χ0n) is 13.0. The predicted molar refractivity (Wildman–Crippen MR) is 91.6 cm³/mol. The summed E-state index contributed by atoms with van der Waals surface area (Å²) in [4.78, 5) is 10.3. The molecule has 0 saturated heterocycles. The summed E-state index contributed by atoms with van der Waals surface area (Å²) in [6.07, 6.45) is 9.57. The quantitative estimate of drug-likeness (QED) is 0.812. The van der Waals surface area contributed by atoms with Crippen molar-refractivity contribution in [3.8, 4) is 0 Å². The molecule has 4 heteroatoms. The third-order valence-corrected chi connectivity index (χ3v) is 3.46. The van der Waals surface area contributed by atoms with E-state index in [1.165, 1.54) is 0 Å². The average molecular weight is 297 g/mol. The number of unbranched alkanes of at least 4 members (excludes halogenated alkanes) is 1. The van der Waals surface area contributed by atoms with Crippen molar-refractivity contribution in [3.05, 3.63) is 54.1 Å². The van der Waals surface area contributed by atoms with E-state index in [0.717, 1.165) is 36.3 Å². The highest BCUT2D eigenvalue weighted by Crippen LogP contribution is 2.17. The lowest BCUT2D eigenvalue weighted by Gasteiger charge is -2.23. The minimum absolute atomic E-state index is 0.180. The summed E-state index contributed by atoms with van der Waals surface area (Å²) in [5.41, 5.74) is 3.17. The Morgan fingerprint density at radius 1 is 1.09 bits per heavy atom. The Bertz CT molecular complexity index is 567. The van der Waals surface area contributed by atoms with Crippen LogP contribution in [0.1, 0.15) is 31.0 Å². The fourth-order valence-electron chi connectivity index (χ4n) is 2.22. The zero-order valence-corrected chi connectivity index (χ0v) is 13.0. The van der Waals surface area contributed by atoms with Crippen LogP contribution in [0.2, 0.25) is 0 Å². The Hall–Kier alpha value is -2.20. The van der Waals surface area contributed by atoms with Crippen molar-refractivity contribution < 1.29 is 5.11 Å². The SMILES string of the molecule is CCCCN(CCO)c1ccc(/C=C/c2ccncn2)cc1. The minimum atomic E-state index is 0.180. The molecule has 0 bridgehead atoms. The van der Waals surface area contributed by atoms with Gasteiger partial charge in [0.1, 0.15) is 6.33 Å². The molecule has 1 aromatic heterocycles. The van der Waals surface area contributed by atoms with Crippen LogP contribution in [0.5, 0.6) is 0 Å². The van der Waals surface area contributed by atoms with E-state index in [-0.39, 0.29) is 6.61 Å². The normalized spacial score (nSPS) is 11.0. The summed E-state index contributed by atoms with van der Waals surface area (Å²) < 4.78 is 0. The van der Waals surface area contributed by atoms with Gasteiger partial charge in [0, 0.05) is 25.0 Å². The highest BCUT2D eigenvalue weighted by molar-refractivity contribution is 5.68. The van der Waals surface area contributed by atoms with Crippen molar-refractivity contribution in [1.82, 2.24) is 9.97 Å². The van der Waals surface area contributed by atoms with E-state index in [0.29, 0.717) is 6.54 Å². The molecule has 0 aliphatic rings. The lowest BCUT2D eigenvalue weighted by atomic mass is 10.1. The zero-order chi connectivity index (χ0) is 15.6. The fraction of sp³-hybridized carbons (Fsp3) is 0.333. The van der Waals surface area contributed by atoms with Gasteiger partial charge in [-0.1, -0.05) is 31.6 Å². The van der Waals surface area contributed by atoms with E-state index >= 15 is 0 Å². The summed E-state index contributed by atoms with van der Waals surface area (Å²) in [6, 6.07) is 10.3. The van der Waals surface area contributed by atoms with Crippen molar-refractivity contribution in [3.63, 3.8) is 0 Å². The first kappa shape index (κ1) is 16.2. The Kier molecular flexibility index (Phi) is 6.58. The molecular formula is C18H23N3O. The van der Waals surface area contributed by atoms with Crippen molar-refractivity contribution in [2.75, 3.05) is 24.6 Å². The molecule has 2 rings (SSSR count). The van der Waals surface area contributed by atoms with Crippen LogP contribution in [0.15, 0.2) is 42.9 Å². The Morgan fingerprint density at radius 2 is 1.91 bits per heavy atom. The second kappa shape index (κ2) is 8.95. The first-order valence-corrected chi connectivity index (χ1v) is 7.73. The Labute approximate surface area is 132 Å². The van der Waals surface area contributed by atoms with Crippen LogP contribution >= 0.6 is 0 Å². The van der Waals surface area contributed by atoms with Gasteiger partial charge in [0.25, 0.3) is 0 Å². The Morgan fingerprint density at radius 3 is 2.55 bits per heavy atom. The highest BCUT2D eigenvalue weighted by atomic mass is 16.3. The summed E-state index contributed by atoms with van der Waals surface area (Å²) in [7, 11) is 0. The molecular weight excluding hydrogens is 274 g/mol. The number of hydrogen-bond donors (Lipinski definition) is 1. The van der Waals surface area contributed by atoms with E-state index in [4.69, 9.17) is 0 Å². The molecule has 0 amide bonds. The lowest BCUT2D eigenvalue weighted by molar-refractivity contribution is 0.301. The number of nitrogens with zero attached hydrogens (tertiary/aromatic N) is 3. The van der Waals surface area contributed by atoms with Crippen molar-refractivity contribution in [1.29, 1.82) is 0 Å². The smallest absolute Gasteiger partial charge is 0.115 e. The maximum Gasteiger partial charge on any atom is 0.115 e. The van der Waals surface area contributed by atoms with Gasteiger partial charge in [0.2, 0.25) is 0 Å².